The van der Waals surface area contributed by atoms with Crippen LogP contribution in [0.5, 0.6) is 5.75 Å². The first kappa shape index (κ1) is 21.7. The van der Waals surface area contributed by atoms with E-state index in [2.05, 4.69) is 9.97 Å². The van der Waals surface area contributed by atoms with E-state index in [1.807, 2.05) is 41.8 Å². The Labute approximate surface area is 204 Å². The minimum Gasteiger partial charge on any atom is -0.508 e. The Morgan fingerprint density at radius 3 is 2.58 bits per heavy atom. The maximum absolute atomic E-state index is 15.0. The molecule has 0 fully saturated rings. The quantitative estimate of drug-likeness (QED) is 0.342. The summed E-state index contributed by atoms with van der Waals surface area (Å²) < 4.78 is 32.8. The Balaban J connectivity index is 1.62. The van der Waals surface area contributed by atoms with Crippen molar-refractivity contribution >= 4 is 22.4 Å². The van der Waals surface area contributed by atoms with E-state index in [9.17, 15) is 9.50 Å². The third kappa shape index (κ3) is 3.36. The standard InChI is InChI=1S/C27H20F2N6O/c1-15(21-13-18-6-4-5-9-34(18)25(21)20-7-2-3-8-22(20)29)35-27-23(26(30)31-14-32-27)24(33-35)16-10-17(28)12-19(36)11-16/h2-15,36H,1H3,(H2,30,31,32). The molecule has 0 bridgehead atoms. The molecule has 1 unspecified atom stereocenters. The number of phenols is 1. The number of hydrogen-bond donors (Lipinski definition) is 2. The highest BCUT2D eigenvalue weighted by molar-refractivity contribution is 5.98. The molecule has 1 atom stereocenters. The van der Waals surface area contributed by atoms with Crippen molar-refractivity contribution in [3.63, 3.8) is 0 Å². The number of anilines is 1. The molecule has 2 aromatic carbocycles. The normalized spacial score (nSPS) is 12.4. The molecule has 4 heterocycles. The molecule has 9 heteroatoms. The number of nitrogens with two attached hydrogens (primary N) is 1. The topological polar surface area (TPSA) is 94.3 Å². The third-order valence-electron chi connectivity index (χ3n) is 6.33. The molecule has 36 heavy (non-hydrogen) atoms. The van der Waals surface area contributed by atoms with Gasteiger partial charge in [-0.1, -0.05) is 18.2 Å². The average Bonchev–Trinajstić information content (AvgIpc) is 3.44. The van der Waals surface area contributed by atoms with Crippen molar-refractivity contribution in [3.05, 3.63) is 96.5 Å². The number of rotatable bonds is 4. The highest BCUT2D eigenvalue weighted by Gasteiger charge is 2.26. The van der Waals surface area contributed by atoms with Crippen LogP contribution < -0.4 is 5.73 Å². The number of nitrogens with zero attached hydrogens (tertiary/aromatic N) is 5. The van der Waals surface area contributed by atoms with Gasteiger partial charge < -0.3 is 15.2 Å². The van der Waals surface area contributed by atoms with E-state index in [0.717, 1.165) is 17.1 Å². The number of pyridine rings is 1. The van der Waals surface area contributed by atoms with Gasteiger partial charge >= 0.3 is 0 Å². The predicted molar refractivity (Wildman–Crippen MR) is 133 cm³/mol. The van der Waals surface area contributed by atoms with E-state index in [4.69, 9.17) is 10.8 Å². The van der Waals surface area contributed by atoms with Crippen LogP contribution in [0, 0.1) is 11.6 Å². The summed E-state index contributed by atoms with van der Waals surface area (Å²) in [5, 5.41) is 15.2. The maximum atomic E-state index is 15.0. The lowest BCUT2D eigenvalue weighted by Gasteiger charge is -2.15. The van der Waals surface area contributed by atoms with Gasteiger partial charge in [0.1, 0.15) is 35.2 Å². The van der Waals surface area contributed by atoms with Crippen molar-refractivity contribution in [1.29, 1.82) is 0 Å². The van der Waals surface area contributed by atoms with E-state index >= 15 is 4.39 Å². The molecule has 0 aliphatic rings. The van der Waals surface area contributed by atoms with Gasteiger partial charge in [-0.25, -0.2) is 23.4 Å². The Morgan fingerprint density at radius 1 is 0.972 bits per heavy atom. The zero-order chi connectivity index (χ0) is 25.0. The van der Waals surface area contributed by atoms with Crippen LogP contribution in [-0.2, 0) is 0 Å². The van der Waals surface area contributed by atoms with E-state index in [1.165, 1.54) is 24.5 Å². The number of fused-ring (bicyclic) bond motifs is 2. The fourth-order valence-corrected chi connectivity index (χ4v) is 4.71. The van der Waals surface area contributed by atoms with Crippen LogP contribution >= 0.6 is 0 Å². The number of halogens is 2. The zero-order valence-corrected chi connectivity index (χ0v) is 19.1. The monoisotopic (exact) mass is 482 g/mol. The first-order chi connectivity index (χ1) is 17.4. The number of benzene rings is 2. The Morgan fingerprint density at radius 2 is 1.78 bits per heavy atom. The molecule has 178 valence electrons. The van der Waals surface area contributed by atoms with Crippen LogP contribution in [-0.4, -0.2) is 29.3 Å². The second kappa shape index (κ2) is 8.16. The fraction of sp³-hybridized carbons (Fsp3) is 0.0741. The molecule has 6 aromatic rings. The van der Waals surface area contributed by atoms with Crippen LogP contribution in [0.25, 0.3) is 39.1 Å². The van der Waals surface area contributed by atoms with Gasteiger partial charge in [-0.15, -0.1) is 0 Å². The molecule has 4 aromatic heterocycles. The second-order valence-electron chi connectivity index (χ2n) is 8.55. The lowest BCUT2D eigenvalue weighted by molar-refractivity contribution is 0.469. The summed E-state index contributed by atoms with van der Waals surface area (Å²) in [7, 11) is 0. The summed E-state index contributed by atoms with van der Waals surface area (Å²) in [6.45, 7) is 1.93. The van der Waals surface area contributed by atoms with Gasteiger partial charge in [0, 0.05) is 34.5 Å². The number of aromatic hydroxyl groups is 1. The van der Waals surface area contributed by atoms with Crippen molar-refractivity contribution in [2.75, 3.05) is 5.73 Å². The summed E-state index contributed by atoms with van der Waals surface area (Å²) in [6, 6.07) is 17.6. The first-order valence-corrected chi connectivity index (χ1v) is 11.3. The van der Waals surface area contributed by atoms with E-state index in [1.54, 1.807) is 22.9 Å². The number of hydrogen-bond acceptors (Lipinski definition) is 5. The zero-order valence-electron chi connectivity index (χ0n) is 19.1. The molecule has 0 spiro atoms. The molecule has 7 nitrogen and oxygen atoms in total. The van der Waals surface area contributed by atoms with E-state index < -0.39 is 11.9 Å². The van der Waals surface area contributed by atoms with Crippen molar-refractivity contribution in [3.8, 4) is 28.3 Å². The highest BCUT2D eigenvalue weighted by atomic mass is 19.1. The van der Waals surface area contributed by atoms with Crippen molar-refractivity contribution in [2.45, 2.75) is 13.0 Å². The van der Waals surface area contributed by atoms with Crippen molar-refractivity contribution in [2.24, 2.45) is 0 Å². The highest BCUT2D eigenvalue weighted by Crippen LogP contribution is 2.38. The van der Waals surface area contributed by atoms with E-state index in [0.29, 0.717) is 33.5 Å². The predicted octanol–water partition coefficient (Wildman–Crippen LogP) is 5.59. The van der Waals surface area contributed by atoms with Crippen LogP contribution in [0.1, 0.15) is 18.5 Å². The van der Waals surface area contributed by atoms with Gasteiger partial charge in [-0.2, -0.15) is 5.10 Å². The molecule has 0 saturated carbocycles. The van der Waals surface area contributed by atoms with Crippen LogP contribution in [0.2, 0.25) is 0 Å². The van der Waals surface area contributed by atoms with E-state index in [-0.39, 0.29) is 17.4 Å². The Bertz CT molecular complexity index is 1750. The molecule has 6 rings (SSSR count). The van der Waals surface area contributed by atoms with Gasteiger partial charge in [-0.05, 0) is 49.4 Å². The van der Waals surface area contributed by atoms with Gasteiger partial charge in [0.05, 0.1) is 17.1 Å². The number of aromatic nitrogens is 5. The fourth-order valence-electron chi connectivity index (χ4n) is 4.71. The third-order valence-corrected chi connectivity index (χ3v) is 6.33. The molecule has 0 aliphatic heterocycles. The lowest BCUT2D eigenvalue weighted by atomic mass is 10.0. The van der Waals surface area contributed by atoms with Crippen molar-refractivity contribution in [1.82, 2.24) is 24.1 Å². The summed E-state index contributed by atoms with van der Waals surface area (Å²) in [4.78, 5) is 8.52. The molecule has 0 aliphatic carbocycles. The maximum Gasteiger partial charge on any atom is 0.164 e. The molecular formula is C27H20F2N6O. The van der Waals surface area contributed by atoms with Gasteiger partial charge in [0.25, 0.3) is 0 Å². The van der Waals surface area contributed by atoms with Gasteiger partial charge in [-0.3, -0.25) is 0 Å². The molecule has 0 amide bonds. The number of nitrogen functional groups attached to an aromatic ring is 1. The minimum atomic E-state index is -0.614. The molecular weight excluding hydrogens is 462 g/mol. The minimum absolute atomic E-state index is 0.175. The average molecular weight is 482 g/mol. The van der Waals surface area contributed by atoms with Crippen LogP contribution in [0.3, 0.4) is 0 Å². The van der Waals surface area contributed by atoms with Crippen LogP contribution in [0.15, 0.2) is 79.3 Å². The summed E-state index contributed by atoms with van der Waals surface area (Å²) in [5.74, 6) is -1.02. The van der Waals surface area contributed by atoms with Gasteiger partial charge in [0.2, 0.25) is 0 Å². The van der Waals surface area contributed by atoms with Crippen molar-refractivity contribution < 1.29 is 13.9 Å². The molecule has 0 radical (unpaired) electrons. The smallest absolute Gasteiger partial charge is 0.164 e. The summed E-state index contributed by atoms with van der Waals surface area (Å²) in [6.07, 6.45) is 3.22. The molecule has 0 saturated heterocycles. The van der Waals surface area contributed by atoms with Crippen LogP contribution in [0.4, 0.5) is 14.6 Å². The second-order valence-corrected chi connectivity index (χ2v) is 8.55. The summed E-state index contributed by atoms with van der Waals surface area (Å²) >= 11 is 0. The lowest BCUT2D eigenvalue weighted by Crippen LogP contribution is -2.10. The largest absolute Gasteiger partial charge is 0.508 e. The number of phenolic OH excluding ortho intramolecular Hbond substituents is 1. The Hall–Kier alpha value is -4.79. The summed E-state index contributed by atoms with van der Waals surface area (Å²) in [5.41, 5.74) is 10.1. The Kier molecular flexibility index (Phi) is 4.92. The SMILES string of the molecule is CC(c1cc2ccccn2c1-c1ccccc1F)n1nc(-c2cc(O)cc(F)c2)c2c(N)ncnc21. The molecule has 3 N–H and O–H groups in total. The van der Waals surface area contributed by atoms with Gasteiger partial charge in [0.15, 0.2) is 5.65 Å². The first-order valence-electron chi connectivity index (χ1n) is 11.3.